The minimum absolute atomic E-state index is 0.00178. The van der Waals surface area contributed by atoms with Gasteiger partial charge >= 0.3 is 12.0 Å². The molecule has 0 spiro atoms. The maximum atomic E-state index is 12.2. The van der Waals surface area contributed by atoms with E-state index in [0.717, 1.165) is 6.42 Å². The van der Waals surface area contributed by atoms with Gasteiger partial charge in [0.2, 0.25) is 5.91 Å². The minimum Gasteiger partial charge on any atom is -0.481 e. The number of carboxylic acid groups (broad SMARTS) is 1. The third-order valence-electron chi connectivity index (χ3n) is 3.11. The summed E-state index contributed by atoms with van der Waals surface area (Å²) < 4.78 is 0. The first-order valence-electron chi connectivity index (χ1n) is 7.16. The highest BCUT2D eigenvalue weighted by molar-refractivity contribution is 5.84. The fourth-order valence-corrected chi connectivity index (χ4v) is 1.72. The minimum atomic E-state index is -0.958. The van der Waals surface area contributed by atoms with Gasteiger partial charge < -0.3 is 20.2 Å². The second-order valence-electron chi connectivity index (χ2n) is 5.61. The number of likely N-dealkylation sites (N-methyl/N-ethyl adjacent to an activating group) is 1. The van der Waals surface area contributed by atoms with Crippen LogP contribution < -0.4 is 5.32 Å². The molecule has 0 aliphatic rings. The van der Waals surface area contributed by atoms with Gasteiger partial charge in [0.15, 0.2) is 0 Å². The molecule has 0 bridgehead atoms. The van der Waals surface area contributed by atoms with Crippen LogP contribution in [0.1, 0.15) is 33.6 Å². The predicted molar refractivity (Wildman–Crippen MR) is 80.0 cm³/mol. The van der Waals surface area contributed by atoms with Gasteiger partial charge in [-0.15, -0.1) is 0 Å². The summed E-state index contributed by atoms with van der Waals surface area (Å²) in [5.41, 5.74) is 0. The van der Waals surface area contributed by atoms with Crippen LogP contribution in [-0.4, -0.2) is 66.0 Å². The van der Waals surface area contributed by atoms with Gasteiger partial charge in [0.05, 0.1) is 6.42 Å². The molecule has 0 radical (unpaired) electrons. The van der Waals surface area contributed by atoms with Crippen molar-refractivity contribution >= 4 is 17.9 Å². The first kappa shape index (κ1) is 19.2. The molecule has 1 unspecified atom stereocenters. The van der Waals surface area contributed by atoms with Crippen molar-refractivity contribution < 1.29 is 19.5 Å². The van der Waals surface area contributed by atoms with Crippen molar-refractivity contribution in [3.63, 3.8) is 0 Å². The van der Waals surface area contributed by atoms with E-state index in [2.05, 4.69) is 5.32 Å². The zero-order valence-corrected chi connectivity index (χ0v) is 13.5. The number of aliphatic carboxylic acids is 1. The summed E-state index contributed by atoms with van der Waals surface area (Å²) in [6, 6.07) is -0.851. The van der Waals surface area contributed by atoms with E-state index in [1.807, 2.05) is 20.8 Å². The lowest BCUT2D eigenvalue weighted by molar-refractivity contribution is -0.137. The molecule has 0 rings (SSSR count). The highest BCUT2D eigenvalue weighted by Gasteiger charge is 2.23. The fourth-order valence-electron chi connectivity index (χ4n) is 1.72. The Morgan fingerprint density at radius 2 is 1.76 bits per heavy atom. The molecule has 0 aliphatic carbocycles. The largest absolute Gasteiger partial charge is 0.481 e. The SMILES string of the molecule is CCCN(CC(=O)N(C)C)C(=O)NC(CC(=O)O)C(C)C. The van der Waals surface area contributed by atoms with Crippen molar-refractivity contribution in [3.8, 4) is 0 Å². The van der Waals surface area contributed by atoms with E-state index < -0.39 is 18.0 Å². The topological polar surface area (TPSA) is 90.0 Å². The van der Waals surface area contributed by atoms with E-state index >= 15 is 0 Å². The van der Waals surface area contributed by atoms with E-state index in [1.165, 1.54) is 9.80 Å². The molecule has 2 N–H and O–H groups in total. The quantitative estimate of drug-likeness (QED) is 0.699. The van der Waals surface area contributed by atoms with Crippen LogP contribution in [0.25, 0.3) is 0 Å². The smallest absolute Gasteiger partial charge is 0.318 e. The van der Waals surface area contributed by atoms with E-state index in [9.17, 15) is 14.4 Å². The molecular formula is C14H27N3O4. The number of carbonyl (C=O) groups is 3. The number of nitrogens with one attached hydrogen (secondary N) is 1. The number of nitrogens with zero attached hydrogens (tertiary/aromatic N) is 2. The van der Waals surface area contributed by atoms with E-state index in [4.69, 9.17) is 5.11 Å². The molecule has 0 aromatic heterocycles. The van der Waals surface area contributed by atoms with Crippen molar-refractivity contribution in [3.05, 3.63) is 0 Å². The summed E-state index contributed by atoms with van der Waals surface area (Å²) in [6.07, 6.45) is 0.588. The number of amides is 3. The molecular weight excluding hydrogens is 274 g/mol. The van der Waals surface area contributed by atoms with Crippen molar-refractivity contribution in [2.75, 3.05) is 27.2 Å². The van der Waals surface area contributed by atoms with Crippen LogP contribution in [0.4, 0.5) is 4.79 Å². The lowest BCUT2D eigenvalue weighted by atomic mass is 10.0. The third-order valence-corrected chi connectivity index (χ3v) is 3.11. The molecule has 0 saturated carbocycles. The van der Waals surface area contributed by atoms with Crippen molar-refractivity contribution in [2.45, 2.75) is 39.7 Å². The normalized spacial score (nSPS) is 11.9. The molecule has 7 heteroatoms. The van der Waals surface area contributed by atoms with Gasteiger partial charge in [0, 0.05) is 26.7 Å². The van der Waals surface area contributed by atoms with Crippen LogP contribution >= 0.6 is 0 Å². The molecule has 122 valence electrons. The Bertz CT molecular complexity index is 369. The molecule has 21 heavy (non-hydrogen) atoms. The van der Waals surface area contributed by atoms with Crippen LogP contribution in [0, 0.1) is 5.92 Å². The van der Waals surface area contributed by atoms with Crippen LogP contribution in [0.15, 0.2) is 0 Å². The maximum Gasteiger partial charge on any atom is 0.318 e. The Kier molecular flexibility index (Phi) is 8.42. The lowest BCUT2D eigenvalue weighted by Gasteiger charge is -2.27. The van der Waals surface area contributed by atoms with Gasteiger partial charge in [0.25, 0.3) is 0 Å². The van der Waals surface area contributed by atoms with Crippen LogP contribution in [0.2, 0.25) is 0 Å². The Balaban J connectivity index is 4.78. The summed E-state index contributed by atoms with van der Waals surface area (Å²) in [7, 11) is 3.26. The summed E-state index contributed by atoms with van der Waals surface area (Å²) in [6.45, 7) is 6.05. The second kappa shape index (κ2) is 9.20. The fraction of sp³-hybridized carbons (Fsp3) is 0.786. The molecule has 0 fully saturated rings. The van der Waals surface area contributed by atoms with Crippen LogP contribution in [0.3, 0.4) is 0 Å². The van der Waals surface area contributed by atoms with Gasteiger partial charge in [0.1, 0.15) is 6.54 Å². The number of urea groups is 1. The maximum absolute atomic E-state index is 12.2. The molecule has 1 atom stereocenters. The zero-order valence-electron chi connectivity index (χ0n) is 13.5. The van der Waals surface area contributed by atoms with Gasteiger partial charge in [-0.05, 0) is 12.3 Å². The Labute approximate surface area is 126 Å². The highest BCUT2D eigenvalue weighted by atomic mass is 16.4. The number of rotatable bonds is 8. The number of carboxylic acids is 1. The molecule has 0 aromatic rings. The number of hydrogen-bond donors (Lipinski definition) is 2. The Hall–Kier alpha value is -1.79. The first-order valence-corrected chi connectivity index (χ1v) is 7.16. The summed E-state index contributed by atoms with van der Waals surface area (Å²) in [5, 5.41) is 11.6. The Morgan fingerprint density at radius 3 is 2.14 bits per heavy atom. The third kappa shape index (κ3) is 7.53. The first-order chi connectivity index (χ1) is 9.68. The van der Waals surface area contributed by atoms with Gasteiger partial charge in [-0.3, -0.25) is 9.59 Å². The summed E-state index contributed by atoms with van der Waals surface area (Å²) >= 11 is 0. The van der Waals surface area contributed by atoms with Crippen molar-refractivity contribution in [1.82, 2.24) is 15.1 Å². The van der Waals surface area contributed by atoms with E-state index in [1.54, 1.807) is 14.1 Å². The van der Waals surface area contributed by atoms with Crippen LogP contribution in [0.5, 0.6) is 0 Å². The number of carbonyl (C=O) groups excluding carboxylic acids is 2. The molecule has 0 heterocycles. The van der Waals surface area contributed by atoms with E-state index in [0.29, 0.717) is 6.54 Å². The van der Waals surface area contributed by atoms with Gasteiger partial charge in [-0.2, -0.15) is 0 Å². The molecule has 7 nitrogen and oxygen atoms in total. The standard InChI is InChI=1S/C14H27N3O4/c1-6-7-17(9-12(18)16(4)5)14(21)15-11(10(2)3)8-13(19)20/h10-11H,6-9H2,1-5H3,(H,15,21)(H,19,20). The van der Waals surface area contributed by atoms with Gasteiger partial charge in [-0.1, -0.05) is 20.8 Å². The number of hydrogen-bond acceptors (Lipinski definition) is 3. The van der Waals surface area contributed by atoms with Crippen molar-refractivity contribution in [1.29, 1.82) is 0 Å². The van der Waals surface area contributed by atoms with Crippen LogP contribution in [-0.2, 0) is 9.59 Å². The highest BCUT2D eigenvalue weighted by Crippen LogP contribution is 2.07. The molecule has 0 aromatic carbocycles. The molecule has 0 aliphatic heterocycles. The predicted octanol–water partition coefficient (Wildman–Crippen LogP) is 0.996. The molecule has 0 saturated heterocycles. The van der Waals surface area contributed by atoms with Crippen molar-refractivity contribution in [2.24, 2.45) is 5.92 Å². The Morgan fingerprint density at radius 1 is 1.19 bits per heavy atom. The molecule has 3 amide bonds. The lowest BCUT2D eigenvalue weighted by Crippen LogP contribution is -2.50. The van der Waals surface area contributed by atoms with E-state index in [-0.39, 0.29) is 24.8 Å². The van der Waals surface area contributed by atoms with Gasteiger partial charge in [-0.25, -0.2) is 4.79 Å². The summed E-state index contributed by atoms with van der Waals surface area (Å²) in [4.78, 5) is 37.7. The monoisotopic (exact) mass is 301 g/mol. The second-order valence-corrected chi connectivity index (χ2v) is 5.61. The summed E-state index contributed by atoms with van der Waals surface area (Å²) in [5.74, 6) is -1.13. The average molecular weight is 301 g/mol. The average Bonchev–Trinajstić information content (AvgIpc) is 2.36. The zero-order chi connectivity index (χ0) is 16.6.